The van der Waals surface area contributed by atoms with Crippen LogP contribution < -0.4 is 5.19 Å². The molecule has 3 heterocycles. The van der Waals surface area contributed by atoms with Crippen LogP contribution in [0.2, 0.25) is 19.6 Å². The predicted octanol–water partition coefficient (Wildman–Crippen LogP) is 8.32. The average Bonchev–Trinajstić information content (AvgIpc) is 3.32. The van der Waals surface area contributed by atoms with E-state index in [1.54, 1.807) is 18.2 Å². The number of nitrogens with zero attached hydrogens (tertiary/aromatic N) is 2. The van der Waals surface area contributed by atoms with Gasteiger partial charge >= 0.3 is 0 Å². The van der Waals surface area contributed by atoms with Crippen molar-refractivity contribution in [2.45, 2.75) is 26.5 Å². The van der Waals surface area contributed by atoms with E-state index in [2.05, 4.69) is 72.1 Å². The molecule has 0 aliphatic heterocycles. The third-order valence-corrected chi connectivity index (χ3v) is 9.21. The zero-order chi connectivity index (χ0) is 27.6. The second-order valence-corrected chi connectivity index (χ2v) is 15.7. The van der Waals surface area contributed by atoms with Crippen LogP contribution in [0.3, 0.4) is 0 Å². The number of rotatable bonds is 3. The minimum absolute atomic E-state index is 0. The first kappa shape index (κ1) is 23.2. The van der Waals surface area contributed by atoms with Crippen molar-refractivity contribution < 1.29 is 24.2 Å². The summed E-state index contributed by atoms with van der Waals surface area (Å²) >= 11 is 1.85. The quantitative estimate of drug-likeness (QED) is 0.138. The normalized spacial score (nSPS) is 12.6. The van der Waals surface area contributed by atoms with Gasteiger partial charge in [0, 0.05) is 41.3 Å². The molecule has 5 heteroatoms. The maximum atomic E-state index is 7.23. The van der Waals surface area contributed by atoms with Gasteiger partial charge in [0.05, 0.1) is 8.07 Å². The Morgan fingerprint density at radius 3 is 2.35 bits per heavy atom. The van der Waals surface area contributed by atoms with Crippen molar-refractivity contribution in [1.82, 2.24) is 9.97 Å². The van der Waals surface area contributed by atoms with Gasteiger partial charge in [0.1, 0.15) is 0 Å². The van der Waals surface area contributed by atoms with Gasteiger partial charge < -0.3 is 9.97 Å². The molecular weight excluding hydrogens is 665 g/mol. The summed E-state index contributed by atoms with van der Waals surface area (Å²) in [6.45, 7) is 5.10. The van der Waals surface area contributed by atoms with Gasteiger partial charge in [0.2, 0.25) is 0 Å². The summed E-state index contributed by atoms with van der Waals surface area (Å²) in [4.78, 5) is 8.63. The number of aryl methyl sites for hydroxylation is 1. The Morgan fingerprint density at radius 1 is 0.811 bits per heavy atom. The van der Waals surface area contributed by atoms with Gasteiger partial charge in [-0.2, -0.15) is 11.3 Å². The van der Waals surface area contributed by atoms with Gasteiger partial charge in [0.25, 0.3) is 0 Å². The Kier molecular flexibility index (Phi) is 7.28. The van der Waals surface area contributed by atoms with Crippen LogP contribution in [0.1, 0.15) is 9.68 Å². The van der Waals surface area contributed by atoms with Crippen LogP contribution in [0.4, 0.5) is 0 Å². The molecule has 0 bridgehead atoms. The van der Waals surface area contributed by atoms with E-state index in [0.29, 0.717) is 0 Å². The molecule has 187 valence electrons. The van der Waals surface area contributed by atoms with Crippen LogP contribution in [-0.2, 0) is 20.1 Å². The molecule has 37 heavy (non-hydrogen) atoms. The van der Waals surface area contributed by atoms with Crippen LogP contribution in [0, 0.1) is 19.0 Å². The molecule has 1 radical (unpaired) electrons. The topological polar surface area (TPSA) is 25.8 Å². The van der Waals surface area contributed by atoms with E-state index in [1.165, 1.54) is 31.6 Å². The van der Waals surface area contributed by atoms with E-state index in [4.69, 9.17) is 4.11 Å². The summed E-state index contributed by atoms with van der Waals surface area (Å²) in [5, 5.41) is 4.21. The predicted molar refractivity (Wildman–Crippen MR) is 158 cm³/mol. The van der Waals surface area contributed by atoms with Crippen molar-refractivity contribution >= 4 is 44.8 Å². The number of fused-ring (bicyclic) bond motifs is 3. The summed E-state index contributed by atoms with van der Waals surface area (Å²) in [5.41, 5.74) is 3.95. The fourth-order valence-corrected chi connectivity index (χ4v) is 6.36. The fourth-order valence-electron chi connectivity index (χ4n) is 4.02. The van der Waals surface area contributed by atoms with Crippen LogP contribution in [0.15, 0.2) is 97.3 Å². The summed E-state index contributed by atoms with van der Waals surface area (Å²) in [5.74, 6) is 0. The summed E-state index contributed by atoms with van der Waals surface area (Å²) in [6, 6.07) is 34.4. The zero-order valence-corrected chi connectivity index (χ0v) is 25.1. The maximum absolute atomic E-state index is 7.23. The standard InChI is InChI=1S/C20H18NSSi.C12H10N.Ir/c1-23(2,3)14-10-11-19-17(13-14)15-7-6-8-16(20(15)22-19)18-9-4-5-12-21-18;1-10-7-8-12(13-9-10)11-5-3-2-4-6-11;/h4-7,9-13H,1-3H3;2-5,7-9H,1H3;/q2*-1;/i;1D3;. The van der Waals surface area contributed by atoms with Crippen LogP contribution in [-0.4, -0.2) is 18.0 Å². The monoisotopic (exact) mass is 696 g/mol. The molecule has 0 saturated heterocycles. The van der Waals surface area contributed by atoms with Crippen molar-refractivity contribution in [2.24, 2.45) is 0 Å². The molecule has 2 nitrogen and oxygen atoms in total. The maximum Gasteiger partial charge on any atom is 0.0776 e. The van der Waals surface area contributed by atoms with E-state index in [9.17, 15) is 0 Å². The molecule has 0 unspecified atom stereocenters. The number of hydrogen-bond acceptors (Lipinski definition) is 3. The summed E-state index contributed by atoms with van der Waals surface area (Å²) in [6.07, 6.45) is 3.24. The van der Waals surface area contributed by atoms with Crippen molar-refractivity contribution in [1.29, 1.82) is 0 Å². The molecule has 6 aromatic rings. The van der Waals surface area contributed by atoms with E-state index >= 15 is 0 Å². The first-order valence-electron chi connectivity index (χ1n) is 13.3. The van der Waals surface area contributed by atoms with E-state index < -0.39 is 14.9 Å². The van der Waals surface area contributed by atoms with Crippen LogP contribution in [0.5, 0.6) is 0 Å². The Bertz CT molecular complexity index is 1710. The Labute approximate surface area is 242 Å². The Morgan fingerprint density at radius 2 is 1.68 bits per heavy atom. The SMILES string of the molecule is C[Si](C)(C)c1ccc2sc3c(-c4ccccn4)[c-]ccc3c2c1.[2H]C([2H])([2H])c1ccc(-c2[c-]cccc2)nc1.[Ir]. The molecule has 0 fully saturated rings. The van der Waals surface area contributed by atoms with Gasteiger partial charge in [-0.3, -0.25) is 0 Å². The number of hydrogen-bond donors (Lipinski definition) is 0. The molecule has 0 atom stereocenters. The minimum Gasteiger partial charge on any atom is -0.305 e. The third kappa shape index (κ3) is 6.14. The Balaban J connectivity index is 0.000000192. The largest absolute Gasteiger partial charge is 0.305 e. The van der Waals surface area contributed by atoms with Gasteiger partial charge in [0.15, 0.2) is 0 Å². The van der Waals surface area contributed by atoms with Gasteiger partial charge in [-0.1, -0.05) is 66.6 Å². The van der Waals surface area contributed by atoms with Crippen molar-refractivity contribution in [2.75, 3.05) is 0 Å². The van der Waals surface area contributed by atoms with Gasteiger partial charge in [-0.15, -0.1) is 59.7 Å². The minimum atomic E-state index is -2.09. The second kappa shape index (κ2) is 11.6. The molecule has 0 amide bonds. The molecule has 6 rings (SSSR count). The van der Waals surface area contributed by atoms with Crippen molar-refractivity contribution in [3.8, 4) is 22.5 Å². The summed E-state index contributed by atoms with van der Waals surface area (Å²) in [7, 11) is -1.30. The third-order valence-electron chi connectivity index (χ3n) is 5.97. The number of benzene rings is 3. The van der Waals surface area contributed by atoms with Gasteiger partial charge in [-0.05, 0) is 46.0 Å². The fraction of sp³-hybridized carbons (Fsp3) is 0.125. The zero-order valence-electron chi connectivity index (χ0n) is 23.9. The number of pyridine rings is 2. The first-order chi connectivity index (χ1) is 18.6. The van der Waals surface area contributed by atoms with Crippen molar-refractivity contribution in [3.63, 3.8) is 0 Å². The van der Waals surface area contributed by atoms with Crippen LogP contribution >= 0.6 is 11.3 Å². The van der Waals surface area contributed by atoms with Crippen LogP contribution in [0.25, 0.3) is 42.7 Å². The molecule has 0 spiro atoms. The molecule has 0 aliphatic rings. The molecule has 0 aliphatic carbocycles. The number of thiophene rings is 1. The van der Waals surface area contributed by atoms with Gasteiger partial charge in [-0.25, -0.2) is 0 Å². The molecule has 3 aromatic carbocycles. The van der Waals surface area contributed by atoms with E-state index in [-0.39, 0.29) is 25.7 Å². The summed E-state index contributed by atoms with van der Waals surface area (Å²) < 4.78 is 24.3. The van der Waals surface area contributed by atoms with Crippen molar-refractivity contribution in [3.05, 3.63) is 115 Å². The molecule has 0 N–H and O–H groups in total. The molecular formula is C32H28IrN2SSi-2. The second-order valence-electron chi connectivity index (χ2n) is 9.58. The van der Waals surface area contributed by atoms with E-state index in [0.717, 1.165) is 22.5 Å². The molecule has 0 saturated carbocycles. The average molecular weight is 696 g/mol. The Hall–Kier alpha value is -2.95. The van der Waals surface area contributed by atoms with E-state index in [1.807, 2.05) is 53.9 Å². The number of aromatic nitrogens is 2. The smallest absolute Gasteiger partial charge is 0.0776 e. The molecule has 3 aromatic heterocycles. The first-order valence-corrected chi connectivity index (χ1v) is 16.2.